The predicted octanol–water partition coefficient (Wildman–Crippen LogP) is 9.38. The smallest absolute Gasteiger partial charge is 0.726 e. The number of hydrogen-bond acceptors (Lipinski definition) is 4. The van der Waals surface area contributed by atoms with Gasteiger partial charge in [0.25, 0.3) is 0 Å². The first-order valence-electron chi connectivity index (χ1n) is 18.3. The monoisotopic (exact) mass is 638 g/mol. The van der Waals surface area contributed by atoms with Crippen molar-refractivity contribution in [3.63, 3.8) is 0 Å². The molecule has 0 aliphatic heterocycles. The number of rotatable bonds is 34. The van der Waals surface area contributed by atoms with E-state index in [4.69, 9.17) is 0 Å². The normalized spacial score (nSPS) is 12.6. The standard InChI is InChI=1S/C36H72O4S.K/c1-3-5-7-9-11-13-15-16-17-18-19-20-21-22-24-26-28-30-32-34-36(35-40-41(37,38)39)33-31-29-27-25-23-14-12-10-8-6-4-2;/h32,34,36H,3-31,33,35H2,1-2H3,(H,37,38,39);/q;+1/p-1/b34-32+;. The van der Waals surface area contributed by atoms with E-state index in [1.54, 1.807) is 0 Å². The summed E-state index contributed by atoms with van der Waals surface area (Å²) in [5, 5.41) is 0. The van der Waals surface area contributed by atoms with Crippen molar-refractivity contribution in [2.24, 2.45) is 5.92 Å². The molecule has 1 atom stereocenters. The topological polar surface area (TPSA) is 66.4 Å². The maximum Gasteiger partial charge on any atom is 1.00 e. The average molecular weight is 639 g/mol. The summed E-state index contributed by atoms with van der Waals surface area (Å²) in [5.74, 6) is 0.0167. The number of allylic oxidation sites excluding steroid dienone is 1. The molecule has 0 saturated heterocycles. The Labute approximate surface area is 307 Å². The molecule has 0 N–H and O–H groups in total. The average Bonchev–Trinajstić information content (AvgIpc) is 2.94. The van der Waals surface area contributed by atoms with E-state index >= 15 is 0 Å². The Morgan fingerprint density at radius 1 is 0.524 bits per heavy atom. The molecule has 0 saturated carbocycles. The van der Waals surface area contributed by atoms with Crippen LogP contribution in [0.4, 0.5) is 0 Å². The minimum absolute atomic E-state index is 0. The molecule has 0 fully saturated rings. The fourth-order valence-electron chi connectivity index (χ4n) is 5.75. The molecule has 0 rings (SSSR count). The van der Waals surface area contributed by atoms with E-state index in [9.17, 15) is 13.0 Å². The Balaban J connectivity index is 0. The molecule has 0 amide bonds. The summed E-state index contributed by atoms with van der Waals surface area (Å²) in [6, 6.07) is 0. The molecule has 42 heavy (non-hydrogen) atoms. The molecule has 0 radical (unpaired) electrons. The van der Waals surface area contributed by atoms with Crippen LogP contribution in [-0.4, -0.2) is 19.6 Å². The van der Waals surface area contributed by atoms with Crippen LogP contribution in [-0.2, 0) is 14.6 Å². The fourth-order valence-corrected chi connectivity index (χ4v) is 6.09. The first-order valence-corrected chi connectivity index (χ1v) is 19.6. The summed E-state index contributed by atoms with van der Waals surface area (Å²) in [6.07, 6.45) is 43.9. The molecule has 4 nitrogen and oxygen atoms in total. The van der Waals surface area contributed by atoms with Crippen molar-refractivity contribution >= 4 is 10.4 Å². The molecule has 0 heterocycles. The molecular formula is C36H71KO4S. The second-order valence-electron chi connectivity index (χ2n) is 12.7. The minimum atomic E-state index is -4.62. The van der Waals surface area contributed by atoms with Gasteiger partial charge in [-0.15, -0.1) is 0 Å². The van der Waals surface area contributed by atoms with Gasteiger partial charge in [0.1, 0.15) is 0 Å². The Kier molecular flexibility index (Phi) is 39.7. The van der Waals surface area contributed by atoms with Crippen LogP contribution in [0.15, 0.2) is 12.2 Å². The summed E-state index contributed by atoms with van der Waals surface area (Å²) in [5.41, 5.74) is 0. The molecular weight excluding hydrogens is 568 g/mol. The Bertz CT molecular complexity index is 638. The number of unbranched alkanes of at least 4 members (excludes halogenated alkanes) is 27. The van der Waals surface area contributed by atoms with E-state index in [0.29, 0.717) is 0 Å². The van der Waals surface area contributed by atoms with Gasteiger partial charge in [-0.05, 0) is 19.3 Å². The van der Waals surface area contributed by atoms with E-state index in [2.05, 4.69) is 30.2 Å². The van der Waals surface area contributed by atoms with Crippen LogP contribution in [0.1, 0.15) is 206 Å². The van der Waals surface area contributed by atoms with Crippen molar-refractivity contribution in [2.45, 2.75) is 206 Å². The van der Waals surface area contributed by atoms with Gasteiger partial charge in [-0.2, -0.15) is 0 Å². The van der Waals surface area contributed by atoms with Crippen LogP contribution < -0.4 is 51.4 Å². The maximum absolute atomic E-state index is 10.9. The van der Waals surface area contributed by atoms with Gasteiger partial charge in [-0.25, -0.2) is 8.42 Å². The molecule has 0 bridgehead atoms. The van der Waals surface area contributed by atoms with Gasteiger partial charge in [0.05, 0.1) is 6.61 Å². The van der Waals surface area contributed by atoms with E-state index < -0.39 is 10.4 Å². The van der Waals surface area contributed by atoms with Crippen LogP contribution in [0.25, 0.3) is 0 Å². The molecule has 246 valence electrons. The summed E-state index contributed by atoms with van der Waals surface area (Å²) >= 11 is 0. The SMILES string of the molecule is CCCCCCCCCCCCCCCCCCC/C=C/C(CCCCCCCCCCCCC)COS(=O)(=O)[O-].[K+]. The quantitative estimate of drug-likeness (QED) is 0.0232. The first-order chi connectivity index (χ1) is 20.0. The van der Waals surface area contributed by atoms with Crippen LogP contribution in [0.3, 0.4) is 0 Å². The second kappa shape index (κ2) is 36.7. The summed E-state index contributed by atoms with van der Waals surface area (Å²) in [6.45, 7) is 4.53. The van der Waals surface area contributed by atoms with Crippen molar-refractivity contribution in [3.05, 3.63) is 12.2 Å². The minimum Gasteiger partial charge on any atom is -0.726 e. The van der Waals surface area contributed by atoms with Gasteiger partial charge in [0.15, 0.2) is 0 Å². The largest absolute Gasteiger partial charge is 1.00 e. The van der Waals surface area contributed by atoms with Crippen molar-refractivity contribution in [2.75, 3.05) is 6.61 Å². The zero-order chi connectivity index (χ0) is 30.1. The van der Waals surface area contributed by atoms with Crippen LogP contribution in [0.2, 0.25) is 0 Å². The van der Waals surface area contributed by atoms with E-state index in [1.165, 1.54) is 173 Å². The zero-order valence-corrected chi connectivity index (χ0v) is 32.6. The van der Waals surface area contributed by atoms with Crippen LogP contribution in [0.5, 0.6) is 0 Å². The van der Waals surface area contributed by atoms with Gasteiger partial charge in [0.2, 0.25) is 10.4 Å². The Morgan fingerprint density at radius 3 is 1.17 bits per heavy atom. The van der Waals surface area contributed by atoms with Crippen LogP contribution in [0, 0.1) is 5.92 Å². The number of hydrogen-bond donors (Lipinski definition) is 0. The van der Waals surface area contributed by atoms with Crippen molar-refractivity contribution in [3.8, 4) is 0 Å². The summed E-state index contributed by atoms with van der Waals surface area (Å²) < 4.78 is 37.4. The molecule has 0 aromatic heterocycles. The molecule has 0 aromatic rings. The molecule has 0 aromatic carbocycles. The van der Waals surface area contributed by atoms with Gasteiger partial charge < -0.3 is 4.55 Å². The van der Waals surface area contributed by atoms with Gasteiger partial charge in [-0.1, -0.05) is 199 Å². The van der Waals surface area contributed by atoms with E-state index in [-0.39, 0.29) is 63.9 Å². The van der Waals surface area contributed by atoms with Crippen molar-refractivity contribution in [1.29, 1.82) is 0 Å². The van der Waals surface area contributed by atoms with Crippen LogP contribution >= 0.6 is 0 Å². The fraction of sp³-hybridized carbons (Fsp3) is 0.944. The molecule has 6 heteroatoms. The zero-order valence-electron chi connectivity index (χ0n) is 28.7. The third-order valence-electron chi connectivity index (χ3n) is 8.49. The van der Waals surface area contributed by atoms with Gasteiger partial charge in [-0.3, -0.25) is 4.18 Å². The third kappa shape index (κ3) is 39.3. The van der Waals surface area contributed by atoms with Crippen molar-refractivity contribution < 1.29 is 68.5 Å². The molecule has 0 spiro atoms. The summed E-state index contributed by atoms with van der Waals surface area (Å²) in [4.78, 5) is 0. The maximum atomic E-state index is 10.9. The summed E-state index contributed by atoms with van der Waals surface area (Å²) in [7, 11) is -4.62. The molecule has 1 unspecified atom stereocenters. The molecule has 0 aliphatic carbocycles. The van der Waals surface area contributed by atoms with Gasteiger partial charge in [0, 0.05) is 5.92 Å². The third-order valence-corrected chi connectivity index (χ3v) is 8.91. The van der Waals surface area contributed by atoms with E-state index in [0.717, 1.165) is 19.3 Å². The second-order valence-corrected chi connectivity index (χ2v) is 13.7. The van der Waals surface area contributed by atoms with Gasteiger partial charge >= 0.3 is 51.4 Å². The Hall–Kier alpha value is 1.25. The van der Waals surface area contributed by atoms with Crippen molar-refractivity contribution in [1.82, 2.24) is 0 Å². The van der Waals surface area contributed by atoms with E-state index in [1.807, 2.05) is 0 Å². The Morgan fingerprint density at radius 2 is 0.833 bits per heavy atom. The predicted molar refractivity (Wildman–Crippen MR) is 178 cm³/mol. The first kappa shape index (κ1) is 45.4. The molecule has 0 aliphatic rings.